The highest BCUT2D eigenvalue weighted by Crippen LogP contribution is 2.31. The molecule has 0 aliphatic heterocycles. The fraction of sp³-hybridized carbons (Fsp3) is 0.0909. The van der Waals surface area contributed by atoms with E-state index in [2.05, 4.69) is 90.8 Å². The van der Waals surface area contributed by atoms with Gasteiger partial charge >= 0.3 is 0 Å². The van der Waals surface area contributed by atoms with Gasteiger partial charge in [0.15, 0.2) is 0 Å². The van der Waals surface area contributed by atoms with Crippen molar-refractivity contribution in [3.63, 3.8) is 0 Å². The lowest BCUT2D eigenvalue weighted by Crippen LogP contribution is -1.84. The Morgan fingerprint density at radius 3 is 2.22 bits per heavy atom. The van der Waals surface area contributed by atoms with E-state index in [0.717, 1.165) is 6.42 Å². The molecule has 3 aromatic carbocycles. The van der Waals surface area contributed by atoms with E-state index in [4.69, 9.17) is 0 Å². The highest BCUT2D eigenvalue weighted by Gasteiger charge is 2.10. The van der Waals surface area contributed by atoms with Crippen molar-refractivity contribution in [2.45, 2.75) is 13.3 Å². The lowest BCUT2D eigenvalue weighted by molar-refractivity contribution is 1.07. The van der Waals surface area contributed by atoms with Gasteiger partial charge in [0.2, 0.25) is 0 Å². The van der Waals surface area contributed by atoms with Crippen molar-refractivity contribution in [2.24, 2.45) is 0 Å². The molecule has 4 aromatic rings. The van der Waals surface area contributed by atoms with Gasteiger partial charge in [0.05, 0.1) is 0 Å². The normalized spacial score (nSPS) is 11.0. The molecule has 0 amide bonds. The molecule has 0 bridgehead atoms. The third kappa shape index (κ3) is 2.55. The van der Waals surface area contributed by atoms with Gasteiger partial charge in [-0.25, -0.2) is 0 Å². The number of aryl methyl sites for hydroxylation is 1. The van der Waals surface area contributed by atoms with Crippen LogP contribution >= 0.6 is 0 Å². The van der Waals surface area contributed by atoms with Crippen molar-refractivity contribution in [1.82, 2.24) is 4.98 Å². The molecule has 1 nitrogen and oxygen atoms in total. The number of benzene rings is 3. The number of fused-ring (bicyclic) bond motifs is 1. The average Bonchev–Trinajstić information content (AvgIpc) is 3.06. The van der Waals surface area contributed by atoms with E-state index >= 15 is 0 Å². The molecule has 0 saturated heterocycles. The maximum absolute atomic E-state index is 3.61. The minimum absolute atomic E-state index is 0.998. The fourth-order valence-electron chi connectivity index (χ4n) is 3.16. The van der Waals surface area contributed by atoms with Crippen molar-refractivity contribution < 1.29 is 0 Å². The number of aromatic amines is 1. The van der Waals surface area contributed by atoms with Crippen LogP contribution in [-0.2, 0) is 6.42 Å². The van der Waals surface area contributed by atoms with Crippen LogP contribution in [-0.4, -0.2) is 4.98 Å². The second-order valence-corrected chi connectivity index (χ2v) is 5.86. The van der Waals surface area contributed by atoms with Gasteiger partial charge in [-0.3, -0.25) is 0 Å². The van der Waals surface area contributed by atoms with Gasteiger partial charge < -0.3 is 4.98 Å². The van der Waals surface area contributed by atoms with Crippen molar-refractivity contribution in [3.05, 3.63) is 84.6 Å². The summed E-state index contributed by atoms with van der Waals surface area (Å²) in [5.41, 5.74) is 6.29. The molecule has 112 valence electrons. The molecule has 0 spiro atoms. The van der Waals surface area contributed by atoms with Gasteiger partial charge in [-0.1, -0.05) is 73.7 Å². The first kappa shape index (κ1) is 13.8. The van der Waals surface area contributed by atoms with E-state index in [1.165, 1.54) is 38.9 Å². The third-order valence-electron chi connectivity index (χ3n) is 4.40. The summed E-state index contributed by atoms with van der Waals surface area (Å²) in [6, 6.07) is 28.0. The highest BCUT2D eigenvalue weighted by molar-refractivity contribution is 5.87. The molecular weight excluding hydrogens is 278 g/mol. The minimum atomic E-state index is 0.998. The summed E-state index contributed by atoms with van der Waals surface area (Å²) < 4.78 is 0. The summed E-state index contributed by atoms with van der Waals surface area (Å²) in [7, 11) is 0. The Balaban J connectivity index is 1.83. The van der Waals surface area contributed by atoms with Crippen molar-refractivity contribution >= 4 is 10.8 Å². The van der Waals surface area contributed by atoms with Crippen LogP contribution in [0.4, 0.5) is 0 Å². The molecule has 1 N–H and O–H groups in total. The number of nitrogens with one attached hydrogen (secondary N) is 1. The lowest BCUT2D eigenvalue weighted by atomic mass is 10.0. The summed E-state index contributed by atoms with van der Waals surface area (Å²) in [4.78, 5) is 3.61. The quantitative estimate of drug-likeness (QED) is 0.473. The third-order valence-corrected chi connectivity index (χ3v) is 4.40. The zero-order valence-corrected chi connectivity index (χ0v) is 13.2. The van der Waals surface area contributed by atoms with Crippen LogP contribution in [0, 0.1) is 0 Å². The van der Waals surface area contributed by atoms with Crippen LogP contribution in [0.25, 0.3) is 33.2 Å². The van der Waals surface area contributed by atoms with Crippen LogP contribution in [0.5, 0.6) is 0 Å². The Morgan fingerprint density at radius 1 is 0.696 bits per heavy atom. The molecule has 1 aromatic heterocycles. The van der Waals surface area contributed by atoms with Crippen LogP contribution < -0.4 is 0 Å². The molecule has 0 atom stereocenters. The van der Waals surface area contributed by atoms with Crippen molar-refractivity contribution in [2.75, 3.05) is 0 Å². The maximum atomic E-state index is 3.61. The Kier molecular flexibility index (Phi) is 3.47. The minimum Gasteiger partial charge on any atom is -0.358 e. The Bertz CT molecular complexity index is 948. The van der Waals surface area contributed by atoms with E-state index in [0.29, 0.717) is 0 Å². The molecule has 0 saturated carbocycles. The zero-order chi connectivity index (χ0) is 15.6. The van der Waals surface area contributed by atoms with Gasteiger partial charge in [0.1, 0.15) is 0 Å². The number of H-pyrrole nitrogens is 1. The summed E-state index contributed by atoms with van der Waals surface area (Å²) in [6.07, 6.45) is 0.998. The first-order chi connectivity index (χ1) is 11.3. The second-order valence-electron chi connectivity index (χ2n) is 5.86. The predicted molar refractivity (Wildman–Crippen MR) is 98.5 cm³/mol. The molecule has 23 heavy (non-hydrogen) atoms. The average molecular weight is 297 g/mol. The first-order valence-corrected chi connectivity index (χ1v) is 8.11. The summed E-state index contributed by atoms with van der Waals surface area (Å²) in [5.74, 6) is 0. The van der Waals surface area contributed by atoms with Crippen LogP contribution in [0.2, 0.25) is 0 Å². The van der Waals surface area contributed by atoms with Crippen LogP contribution in [0.15, 0.2) is 78.9 Å². The largest absolute Gasteiger partial charge is 0.358 e. The number of aromatic nitrogens is 1. The molecule has 0 aliphatic rings. The summed E-state index contributed by atoms with van der Waals surface area (Å²) in [6.45, 7) is 2.20. The molecule has 0 aliphatic carbocycles. The first-order valence-electron chi connectivity index (χ1n) is 8.11. The SMILES string of the molecule is CCc1[nH]c(-c2ccc3ccccc3c2)cc1-c1ccccc1. The van der Waals surface area contributed by atoms with Gasteiger partial charge in [-0.05, 0) is 40.5 Å². The lowest BCUT2D eigenvalue weighted by Gasteiger charge is -2.02. The van der Waals surface area contributed by atoms with Crippen LogP contribution in [0.3, 0.4) is 0 Å². The van der Waals surface area contributed by atoms with Gasteiger partial charge in [-0.15, -0.1) is 0 Å². The van der Waals surface area contributed by atoms with E-state index < -0.39 is 0 Å². The molecule has 1 heteroatoms. The molecule has 1 heterocycles. The zero-order valence-electron chi connectivity index (χ0n) is 13.2. The highest BCUT2D eigenvalue weighted by atomic mass is 14.7. The molecule has 0 unspecified atom stereocenters. The standard InChI is InChI=1S/C22H19N/c1-2-21-20(17-9-4-3-5-10-17)15-22(23-21)19-13-12-16-8-6-7-11-18(16)14-19/h3-15,23H,2H2,1H3. The Labute approximate surface area is 136 Å². The summed E-state index contributed by atoms with van der Waals surface area (Å²) >= 11 is 0. The van der Waals surface area contributed by atoms with E-state index in [9.17, 15) is 0 Å². The van der Waals surface area contributed by atoms with E-state index in [1.807, 2.05) is 0 Å². The Morgan fingerprint density at radius 2 is 1.43 bits per heavy atom. The monoisotopic (exact) mass is 297 g/mol. The molecule has 4 rings (SSSR count). The number of hydrogen-bond acceptors (Lipinski definition) is 0. The molecule has 0 fully saturated rings. The molecule has 0 radical (unpaired) electrons. The smallest absolute Gasteiger partial charge is 0.0462 e. The van der Waals surface area contributed by atoms with E-state index in [-0.39, 0.29) is 0 Å². The predicted octanol–water partition coefficient (Wildman–Crippen LogP) is 6.06. The summed E-state index contributed by atoms with van der Waals surface area (Å²) in [5, 5.41) is 2.56. The van der Waals surface area contributed by atoms with Gasteiger partial charge in [-0.2, -0.15) is 0 Å². The van der Waals surface area contributed by atoms with Crippen LogP contribution in [0.1, 0.15) is 12.6 Å². The number of hydrogen-bond donors (Lipinski definition) is 1. The second kappa shape index (κ2) is 5.77. The Hall–Kier alpha value is -2.80. The van der Waals surface area contributed by atoms with Gasteiger partial charge in [0.25, 0.3) is 0 Å². The maximum Gasteiger partial charge on any atom is 0.0462 e. The van der Waals surface area contributed by atoms with E-state index in [1.54, 1.807) is 0 Å². The van der Waals surface area contributed by atoms with Crippen molar-refractivity contribution in [3.8, 4) is 22.4 Å². The van der Waals surface area contributed by atoms with Gasteiger partial charge in [0, 0.05) is 17.0 Å². The van der Waals surface area contributed by atoms with Crippen molar-refractivity contribution in [1.29, 1.82) is 0 Å². The molecular formula is C22H19N. The fourth-order valence-corrected chi connectivity index (χ4v) is 3.16. The number of rotatable bonds is 3. The topological polar surface area (TPSA) is 15.8 Å².